The van der Waals surface area contributed by atoms with Gasteiger partial charge < -0.3 is 13.7 Å². The van der Waals surface area contributed by atoms with E-state index in [1.165, 1.54) is 33.0 Å². The van der Waals surface area contributed by atoms with Crippen LogP contribution in [0.4, 0.5) is 17.1 Å². The maximum absolute atomic E-state index is 7.34. The van der Waals surface area contributed by atoms with Crippen molar-refractivity contribution in [2.75, 3.05) is 4.90 Å². The first kappa shape index (κ1) is 31.3. The average Bonchev–Trinajstić information content (AvgIpc) is 3.88. The Balaban J connectivity index is 1.17. The van der Waals surface area contributed by atoms with E-state index in [0.29, 0.717) is 0 Å². The second-order valence-corrected chi connectivity index (χ2v) is 15.6. The van der Waals surface area contributed by atoms with Gasteiger partial charge in [-0.25, -0.2) is 0 Å². The van der Waals surface area contributed by atoms with Crippen LogP contribution in [-0.2, 0) is 5.41 Å². The Morgan fingerprint density at radius 2 is 1.02 bits per heavy atom. The largest absolute Gasteiger partial charge is 0.455 e. The average molecular weight is 718 g/mol. The van der Waals surface area contributed by atoms with Crippen LogP contribution in [0.1, 0.15) is 25.0 Å². The van der Waals surface area contributed by atoms with Crippen LogP contribution >= 0.6 is 0 Å². The Bertz CT molecular complexity index is 3410. The van der Waals surface area contributed by atoms with Crippen LogP contribution in [0, 0.1) is 0 Å². The lowest BCUT2D eigenvalue weighted by Gasteiger charge is -2.29. The molecule has 12 rings (SSSR count). The van der Waals surface area contributed by atoms with Crippen molar-refractivity contribution in [3.05, 3.63) is 187 Å². The number of nitrogens with zero attached hydrogens (tertiary/aromatic N) is 1. The highest BCUT2D eigenvalue weighted by Gasteiger charge is 2.36. The molecule has 0 aliphatic heterocycles. The zero-order valence-corrected chi connectivity index (χ0v) is 31.0. The van der Waals surface area contributed by atoms with Crippen molar-refractivity contribution in [3.8, 4) is 22.3 Å². The highest BCUT2D eigenvalue weighted by atomic mass is 16.3. The van der Waals surface area contributed by atoms with Crippen molar-refractivity contribution < 1.29 is 8.83 Å². The third-order valence-corrected chi connectivity index (χ3v) is 12.2. The van der Waals surface area contributed by atoms with Crippen LogP contribution in [0.2, 0.25) is 0 Å². The zero-order chi connectivity index (χ0) is 37.1. The summed E-state index contributed by atoms with van der Waals surface area (Å²) in [4.78, 5) is 2.41. The molecule has 1 aliphatic carbocycles. The molecule has 11 aromatic rings. The summed E-state index contributed by atoms with van der Waals surface area (Å²) in [7, 11) is 0. The maximum Gasteiger partial charge on any atom is 0.159 e. The molecule has 2 aromatic heterocycles. The van der Waals surface area contributed by atoms with Crippen molar-refractivity contribution in [2.24, 2.45) is 0 Å². The maximum atomic E-state index is 7.34. The molecule has 1 aliphatic rings. The number of fused-ring (bicyclic) bond motifs is 11. The molecule has 264 valence electrons. The summed E-state index contributed by atoms with van der Waals surface area (Å²) in [6.07, 6.45) is 0. The quantitative estimate of drug-likeness (QED) is 0.182. The molecule has 0 N–H and O–H groups in total. The summed E-state index contributed by atoms with van der Waals surface area (Å²) in [6, 6.07) is 63.3. The highest BCUT2D eigenvalue weighted by molar-refractivity contribution is 6.23. The number of hydrogen-bond donors (Lipinski definition) is 0. The lowest BCUT2D eigenvalue weighted by Crippen LogP contribution is -2.16. The number of rotatable bonds is 4. The van der Waals surface area contributed by atoms with Crippen LogP contribution in [0.15, 0.2) is 185 Å². The third-order valence-electron chi connectivity index (χ3n) is 12.2. The smallest absolute Gasteiger partial charge is 0.159 e. The first-order chi connectivity index (χ1) is 27.5. The summed E-state index contributed by atoms with van der Waals surface area (Å²) in [6.45, 7) is 4.69. The van der Waals surface area contributed by atoms with Gasteiger partial charge in [-0.3, -0.25) is 0 Å². The molecular weight excluding hydrogens is 683 g/mol. The lowest BCUT2D eigenvalue weighted by atomic mass is 9.82. The lowest BCUT2D eigenvalue weighted by molar-refractivity contribution is 0.660. The van der Waals surface area contributed by atoms with Crippen molar-refractivity contribution in [2.45, 2.75) is 19.3 Å². The number of hydrogen-bond acceptors (Lipinski definition) is 3. The van der Waals surface area contributed by atoms with Crippen LogP contribution in [-0.4, -0.2) is 0 Å². The van der Waals surface area contributed by atoms with E-state index in [0.717, 1.165) is 82.8 Å². The van der Waals surface area contributed by atoms with E-state index in [-0.39, 0.29) is 5.41 Å². The number of furan rings is 2. The number of anilines is 3. The molecule has 0 saturated carbocycles. The molecule has 0 fully saturated rings. The summed E-state index contributed by atoms with van der Waals surface area (Å²) >= 11 is 0. The fourth-order valence-electron chi connectivity index (χ4n) is 9.61. The Labute approximate surface area is 323 Å². The molecular formula is C53H35NO2. The Morgan fingerprint density at radius 3 is 1.91 bits per heavy atom. The van der Waals surface area contributed by atoms with E-state index in [9.17, 15) is 0 Å². The molecule has 0 radical (unpaired) electrons. The fraction of sp³-hybridized carbons (Fsp3) is 0.0566. The van der Waals surface area contributed by atoms with Gasteiger partial charge in [-0.05, 0) is 74.8 Å². The molecule has 0 amide bonds. The van der Waals surface area contributed by atoms with Crippen LogP contribution in [0.3, 0.4) is 0 Å². The van der Waals surface area contributed by atoms with Crippen LogP contribution in [0.5, 0.6) is 0 Å². The summed E-state index contributed by atoms with van der Waals surface area (Å²) < 4.78 is 14.0. The molecule has 56 heavy (non-hydrogen) atoms. The van der Waals surface area contributed by atoms with Gasteiger partial charge in [0.25, 0.3) is 0 Å². The summed E-state index contributed by atoms with van der Waals surface area (Å²) in [5.74, 6) is 0. The van der Waals surface area contributed by atoms with Crippen molar-refractivity contribution in [1.29, 1.82) is 0 Å². The van der Waals surface area contributed by atoms with Gasteiger partial charge in [-0.15, -0.1) is 0 Å². The minimum Gasteiger partial charge on any atom is -0.455 e. The molecule has 3 heteroatoms. The van der Waals surface area contributed by atoms with E-state index in [1.807, 2.05) is 12.1 Å². The first-order valence-electron chi connectivity index (χ1n) is 19.3. The van der Waals surface area contributed by atoms with Crippen molar-refractivity contribution >= 4 is 82.5 Å². The monoisotopic (exact) mass is 717 g/mol. The molecule has 0 atom stereocenters. The molecule has 9 aromatic carbocycles. The van der Waals surface area contributed by atoms with E-state index in [2.05, 4.69) is 183 Å². The molecule has 2 heterocycles. The number of benzene rings is 9. The van der Waals surface area contributed by atoms with Gasteiger partial charge in [0, 0.05) is 49.2 Å². The Hall–Kier alpha value is -7.10. The minimum absolute atomic E-state index is 0.148. The van der Waals surface area contributed by atoms with Crippen LogP contribution in [0.25, 0.3) is 87.7 Å². The van der Waals surface area contributed by atoms with Gasteiger partial charge in [-0.1, -0.05) is 153 Å². The second kappa shape index (κ2) is 11.5. The molecule has 0 spiro atoms. The SMILES string of the molecule is CC1(C)c2ccccc2-c2ccc(N(c3cccc4ccccc34)c3cccc4c3oc3c(-c5cccc6c5oc5ccccc56)c5ccccc5cc34)cc21. The fourth-order valence-corrected chi connectivity index (χ4v) is 9.61. The predicted molar refractivity (Wildman–Crippen MR) is 234 cm³/mol. The zero-order valence-electron chi connectivity index (χ0n) is 31.0. The Morgan fingerprint density at radius 1 is 0.393 bits per heavy atom. The van der Waals surface area contributed by atoms with E-state index in [1.54, 1.807) is 0 Å². The van der Waals surface area contributed by atoms with Crippen LogP contribution < -0.4 is 4.90 Å². The third kappa shape index (κ3) is 4.28. The standard InChI is InChI=1S/C53H35NO2/c1-53(2)44-24-9-7-19-37(44)38-29-28-34(31-45(38)53)54(46-25-11-16-32-14-3-5-17-35(32)46)47-26-13-22-41-43-30-33-15-4-6-18-36(33)49(52(43)56-51(41)47)42-23-12-21-40-39-20-8-10-27-48(39)55-50(40)42/h3-31H,1-2H3. The summed E-state index contributed by atoms with van der Waals surface area (Å²) in [5.41, 5.74) is 13.8. The predicted octanol–water partition coefficient (Wildman–Crippen LogP) is 15.2. The van der Waals surface area contributed by atoms with E-state index >= 15 is 0 Å². The molecule has 0 unspecified atom stereocenters. The topological polar surface area (TPSA) is 29.5 Å². The molecule has 3 nitrogen and oxygen atoms in total. The minimum atomic E-state index is -0.148. The normalized spacial score (nSPS) is 13.3. The first-order valence-corrected chi connectivity index (χ1v) is 19.3. The second-order valence-electron chi connectivity index (χ2n) is 15.6. The van der Waals surface area contributed by atoms with Gasteiger partial charge >= 0.3 is 0 Å². The molecule has 0 saturated heterocycles. The van der Waals surface area contributed by atoms with Gasteiger partial charge in [0.2, 0.25) is 0 Å². The summed E-state index contributed by atoms with van der Waals surface area (Å²) in [5, 5.41) is 9.00. The van der Waals surface area contributed by atoms with E-state index in [4.69, 9.17) is 8.83 Å². The van der Waals surface area contributed by atoms with Gasteiger partial charge in [0.05, 0.1) is 11.4 Å². The van der Waals surface area contributed by atoms with Crippen molar-refractivity contribution in [1.82, 2.24) is 0 Å². The number of para-hydroxylation sites is 3. The van der Waals surface area contributed by atoms with Gasteiger partial charge in [0.15, 0.2) is 5.58 Å². The van der Waals surface area contributed by atoms with Crippen molar-refractivity contribution in [3.63, 3.8) is 0 Å². The molecule has 0 bridgehead atoms. The Kier molecular flexibility index (Phi) is 6.40. The van der Waals surface area contributed by atoms with Gasteiger partial charge in [-0.2, -0.15) is 0 Å². The van der Waals surface area contributed by atoms with Gasteiger partial charge in [0.1, 0.15) is 16.7 Å². The van der Waals surface area contributed by atoms with E-state index < -0.39 is 0 Å². The highest BCUT2D eigenvalue weighted by Crippen LogP contribution is 2.53.